The van der Waals surface area contributed by atoms with E-state index in [9.17, 15) is 0 Å². The van der Waals surface area contributed by atoms with Gasteiger partial charge in [0, 0.05) is 18.6 Å². The standard InChI is InChI=1S/C7H15NO.ClH/c1-2-7(5-8)3-4-9-6-7;/h2-6,8H2,1H3;1H. The molecule has 0 saturated carbocycles. The lowest BCUT2D eigenvalue weighted by Crippen LogP contribution is -2.29. The Balaban J connectivity index is 0.000000810. The monoisotopic (exact) mass is 165 g/mol. The zero-order valence-corrected chi connectivity index (χ0v) is 7.25. The summed E-state index contributed by atoms with van der Waals surface area (Å²) in [6.45, 7) is 4.75. The highest BCUT2D eigenvalue weighted by Gasteiger charge is 2.30. The van der Waals surface area contributed by atoms with Gasteiger partial charge < -0.3 is 10.5 Å². The highest BCUT2D eigenvalue weighted by molar-refractivity contribution is 5.85. The van der Waals surface area contributed by atoms with Crippen molar-refractivity contribution in [3.05, 3.63) is 0 Å². The van der Waals surface area contributed by atoms with Crippen molar-refractivity contribution >= 4 is 12.4 Å². The molecule has 1 rings (SSSR count). The topological polar surface area (TPSA) is 35.2 Å². The van der Waals surface area contributed by atoms with Crippen LogP contribution in [0.1, 0.15) is 19.8 Å². The maximum atomic E-state index is 5.60. The van der Waals surface area contributed by atoms with E-state index in [1.54, 1.807) is 0 Å². The average molecular weight is 166 g/mol. The van der Waals surface area contributed by atoms with Crippen molar-refractivity contribution < 1.29 is 4.74 Å². The molecule has 1 aliphatic heterocycles. The Morgan fingerprint density at radius 2 is 2.30 bits per heavy atom. The van der Waals surface area contributed by atoms with Gasteiger partial charge in [-0.3, -0.25) is 0 Å². The van der Waals surface area contributed by atoms with Crippen LogP contribution in [0.3, 0.4) is 0 Å². The van der Waals surface area contributed by atoms with Gasteiger partial charge in [0.05, 0.1) is 6.61 Å². The van der Waals surface area contributed by atoms with Gasteiger partial charge in [0.15, 0.2) is 0 Å². The molecule has 0 aliphatic carbocycles. The van der Waals surface area contributed by atoms with Crippen LogP contribution in [0, 0.1) is 5.41 Å². The number of hydrogen-bond donors (Lipinski definition) is 1. The third kappa shape index (κ3) is 1.84. The fourth-order valence-corrected chi connectivity index (χ4v) is 1.23. The molecule has 1 aliphatic rings. The minimum atomic E-state index is 0. The highest BCUT2D eigenvalue weighted by atomic mass is 35.5. The molecule has 0 aromatic heterocycles. The van der Waals surface area contributed by atoms with Crippen molar-refractivity contribution in [2.45, 2.75) is 19.8 Å². The van der Waals surface area contributed by atoms with Crippen LogP contribution in [0.25, 0.3) is 0 Å². The van der Waals surface area contributed by atoms with E-state index in [0.717, 1.165) is 32.6 Å². The normalized spacial score (nSPS) is 31.8. The van der Waals surface area contributed by atoms with Gasteiger partial charge in [0.25, 0.3) is 0 Å². The molecule has 0 spiro atoms. The Labute approximate surface area is 68.5 Å². The van der Waals surface area contributed by atoms with Gasteiger partial charge in [-0.15, -0.1) is 12.4 Å². The summed E-state index contributed by atoms with van der Waals surface area (Å²) in [4.78, 5) is 0. The van der Waals surface area contributed by atoms with Gasteiger partial charge in [0.2, 0.25) is 0 Å². The minimum absolute atomic E-state index is 0. The zero-order valence-electron chi connectivity index (χ0n) is 6.43. The third-order valence-corrected chi connectivity index (χ3v) is 2.37. The predicted octanol–water partition coefficient (Wildman–Crippen LogP) is 1.18. The van der Waals surface area contributed by atoms with E-state index in [0.29, 0.717) is 5.41 Å². The van der Waals surface area contributed by atoms with Crippen molar-refractivity contribution in [1.82, 2.24) is 0 Å². The van der Waals surface area contributed by atoms with E-state index in [1.165, 1.54) is 0 Å². The third-order valence-electron chi connectivity index (χ3n) is 2.37. The van der Waals surface area contributed by atoms with Gasteiger partial charge in [-0.2, -0.15) is 0 Å². The fraction of sp³-hybridized carbons (Fsp3) is 1.00. The molecule has 1 atom stereocenters. The summed E-state index contributed by atoms with van der Waals surface area (Å²) >= 11 is 0. The molecule has 1 unspecified atom stereocenters. The van der Waals surface area contributed by atoms with Crippen molar-refractivity contribution in [2.75, 3.05) is 19.8 Å². The molecule has 1 saturated heterocycles. The summed E-state index contributed by atoms with van der Waals surface area (Å²) in [6, 6.07) is 0. The quantitative estimate of drug-likeness (QED) is 0.667. The average Bonchev–Trinajstić information content (AvgIpc) is 2.36. The molecule has 0 amide bonds. The van der Waals surface area contributed by atoms with E-state index in [1.807, 2.05) is 0 Å². The van der Waals surface area contributed by atoms with Crippen molar-refractivity contribution in [2.24, 2.45) is 11.1 Å². The second kappa shape index (κ2) is 4.16. The van der Waals surface area contributed by atoms with E-state index >= 15 is 0 Å². The zero-order chi connectivity index (χ0) is 6.74. The summed E-state index contributed by atoms with van der Waals surface area (Å²) in [5.74, 6) is 0. The maximum absolute atomic E-state index is 5.60. The van der Waals surface area contributed by atoms with Crippen LogP contribution in [-0.2, 0) is 4.74 Å². The number of halogens is 1. The van der Waals surface area contributed by atoms with Gasteiger partial charge >= 0.3 is 0 Å². The summed E-state index contributed by atoms with van der Waals surface area (Å²) in [5.41, 5.74) is 5.93. The number of hydrogen-bond acceptors (Lipinski definition) is 2. The molecule has 10 heavy (non-hydrogen) atoms. The molecule has 1 heterocycles. The first-order valence-corrected chi connectivity index (χ1v) is 3.61. The number of rotatable bonds is 2. The van der Waals surface area contributed by atoms with Crippen LogP contribution in [0.5, 0.6) is 0 Å². The fourth-order valence-electron chi connectivity index (χ4n) is 1.23. The van der Waals surface area contributed by atoms with Gasteiger partial charge in [-0.25, -0.2) is 0 Å². The Morgan fingerprint density at radius 3 is 2.50 bits per heavy atom. The first-order valence-electron chi connectivity index (χ1n) is 3.61. The van der Waals surface area contributed by atoms with Crippen LogP contribution in [-0.4, -0.2) is 19.8 Å². The van der Waals surface area contributed by atoms with Crippen LogP contribution >= 0.6 is 12.4 Å². The van der Waals surface area contributed by atoms with Crippen molar-refractivity contribution in [3.8, 4) is 0 Å². The summed E-state index contributed by atoms with van der Waals surface area (Å²) < 4.78 is 5.26. The van der Waals surface area contributed by atoms with E-state index in [4.69, 9.17) is 10.5 Å². The molecular formula is C7H16ClNO. The lowest BCUT2D eigenvalue weighted by molar-refractivity contribution is 0.152. The van der Waals surface area contributed by atoms with Gasteiger partial charge in [-0.1, -0.05) is 6.92 Å². The molecule has 62 valence electrons. The van der Waals surface area contributed by atoms with Crippen LogP contribution in [0.2, 0.25) is 0 Å². The van der Waals surface area contributed by atoms with E-state index in [2.05, 4.69) is 6.92 Å². The Morgan fingerprint density at radius 1 is 1.60 bits per heavy atom. The molecule has 0 aromatic carbocycles. The van der Waals surface area contributed by atoms with Crippen LogP contribution < -0.4 is 5.73 Å². The van der Waals surface area contributed by atoms with E-state index in [-0.39, 0.29) is 12.4 Å². The molecule has 2 N–H and O–H groups in total. The summed E-state index contributed by atoms with van der Waals surface area (Å²) in [5, 5.41) is 0. The number of ether oxygens (including phenoxy) is 1. The molecular weight excluding hydrogens is 150 g/mol. The predicted molar refractivity (Wildman–Crippen MR) is 44.5 cm³/mol. The Bertz CT molecular complexity index is 85.6. The molecule has 0 aromatic rings. The van der Waals surface area contributed by atoms with Gasteiger partial charge in [-0.05, 0) is 12.8 Å². The maximum Gasteiger partial charge on any atom is 0.0535 e. The smallest absolute Gasteiger partial charge is 0.0535 e. The first kappa shape index (κ1) is 10.2. The largest absolute Gasteiger partial charge is 0.381 e. The second-order valence-corrected chi connectivity index (χ2v) is 2.86. The second-order valence-electron chi connectivity index (χ2n) is 2.86. The molecule has 0 radical (unpaired) electrons. The van der Waals surface area contributed by atoms with Crippen molar-refractivity contribution in [3.63, 3.8) is 0 Å². The van der Waals surface area contributed by atoms with E-state index < -0.39 is 0 Å². The summed E-state index contributed by atoms with van der Waals surface area (Å²) in [6.07, 6.45) is 2.31. The Kier molecular flexibility index (Phi) is 4.25. The molecule has 3 heteroatoms. The molecule has 2 nitrogen and oxygen atoms in total. The minimum Gasteiger partial charge on any atom is -0.381 e. The van der Waals surface area contributed by atoms with Gasteiger partial charge in [0.1, 0.15) is 0 Å². The molecule has 1 fully saturated rings. The van der Waals surface area contributed by atoms with Crippen LogP contribution in [0.4, 0.5) is 0 Å². The number of nitrogens with two attached hydrogens (primary N) is 1. The molecule has 0 bridgehead atoms. The highest BCUT2D eigenvalue weighted by Crippen LogP contribution is 2.30. The SMILES string of the molecule is CCC1(CN)CCOC1.Cl. The first-order chi connectivity index (χ1) is 4.33. The van der Waals surface area contributed by atoms with Crippen molar-refractivity contribution in [1.29, 1.82) is 0 Å². The summed E-state index contributed by atoms with van der Waals surface area (Å²) in [7, 11) is 0. The lowest BCUT2D eigenvalue weighted by atomic mass is 9.85. The Hall–Kier alpha value is 0.210. The lowest BCUT2D eigenvalue weighted by Gasteiger charge is -2.22. The van der Waals surface area contributed by atoms with Crippen LogP contribution in [0.15, 0.2) is 0 Å².